The van der Waals surface area contributed by atoms with Gasteiger partial charge in [-0.25, -0.2) is 9.78 Å². The Labute approximate surface area is 139 Å². The van der Waals surface area contributed by atoms with Crippen LogP contribution in [0.15, 0.2) is 15.9 Å². The summed E-state index contributed by atoms with van der Waals surface area (Å²) in [6, 6.07) is 0. The summed E-state index contributed by atoms with van der Waals surface area (Å²) in [7, 11) is 1.37. The van der Waals surface area contributed by atoms with E-state index in [4.69, 9.17) is 0 Å². The van der Waals surface area contributed by atoms with Crippen molar-refractivity contribution >= 4 is 16.9 Å². The van der Waals surface area contributed by atoms with Gasteiger partial charge in [0.15, 0.2) is 11.2 Å². The van der Waals surface area contributed by atoms with Gasteiger partial charge in [-0.3, -0.25) is 18.7 Å². The van der Waals surface area contributed by atoms with Crippen LogP contribution >= 0.6 is 0 Å². The van der Waals surface area contributed by atoms with Crippen LogP contribution in [0.4, 0.5) is 13.2 Å². The summed E-state index contributed by atoms with van der Waals surface area (Å²) in [5, 5.41) is 0. The van der Waals surface area contributed by atoms with E-state index in [1.165, 1.54) is 7.05 Å². The summed E-state index contributed by atoms with van der Waals surface area (Å²) >= 11 is 0. The molecule has 0 bridgehead atoms. The summed E-state index contributed by atoms with van der Waals surface area (Å²) in [4.78, 5) is 40.2. The van der Waals surface area contributed by atoms with E-state index >= 15 is 0 Å². The lowest BCUT2D eigenvalue weighted by molar-refractivity contribution is -0.140. The van der Waals surface area contributed by atoms with Gasteiger partial charge in [-0.05, 0) is 18.8 Å². The number of Topliss-reactive ketones (excluding diaryl/α,β-unsaturated/α-hetero) is 1. The third-order valence-corrected chi connectivity index (χ3v) is 4.55. The summed E-state index contributed by atoms with van der Waals surface area (Å²) in [6.45, 7) is -1.26. The molecule has 0 aliphatic heterocycles. The normalized spacial score (nSPS) is 16.7. The number of ketones is 1. The van der Waals surface area contributed by atoms with E-state index in [1.807, 2.05) is 0 Å². The van der Waals surface area contributed by atoms with Gasteiger partial charge in [0.2, 0.25) is 0 Å². The fraction of sp³-hybridized carbons (Fsp3) is 0.600. The second-order valence-corrected chi connectivity index (χ2v) is 6.40. The zero-order valence-corrected chi connectivity index (χ0v) is 13.5. The maximum Gasteiger partial charge on any atom is 0.406 e. The largest absolute Gasteiger partial charge is 0.406 e. The van der Waals surface area contributed by atoms with Gasteiger partial charge in [-0.2, -0.15) is 13.2 Å². The highest BCUT2D eigenvalue weighted by molar-refractivity contribution is 5.79. The van der Waals surface area contributed by atoms with Gasteiger partial charge in [0.25, 0.3) is 5.56 Å². The number of fused-ring (bicyclic) bond motifs is 1. The number of hydrogen-bond donors (Lipinski definition) is 0. The van der Waals surface area contributed by atoms with Crippen LogP contribution in [-0.2, 0) is 24.9 Å². The third-order valence-electron chi connectivity index (χ3n) is 4.55. The van der Waals surface area contributed by atoms with Crippen LogP contribution in [0.1, 0.15) is 25.7 Å². The molecule has 0 radical (unpaired) electrons. The van der Waals surface area contributed by atoms with Crippen molar-refractivity contribution in [1.29, 1.82) is 0 Å². The molecular formula is C15H17F3N4O3. The van der Waals surface area contributed by atoms with E-state index in [-0.39, 0.29) is 29.4 Å². The molecule has 1 aliphatic rings. The Morgan fingerprint density at radius 1 is 1.20 bits per heavy atom. The molecule has 1 aliphatic carbocycles. The van der Waals surface area contributed by atoms with Gasteiger partial charge in [-0.1, -0.05) is 0 Å². The van der Waals surface area contributed by atoms with Crippen LogP contribution in [0.25, 0.3) is 11.2 Å². The lowest BCUT2D eigenvalue weighted by Crippen LogP contribution is -2.41. The number of carbonyl (C=O) groups is 1. The number of rotatable bonds is 3. The monoisotopic (exact) mass is 358 g/mol. The van der Waals surface area contributed by atoms with E-state index < -0.39 is 24.0 Å². The van der Waals surface area contributed by atoms with E-state index in [0.717, 1.165) is 20.0 Å². The van der Waals surface area contributed by atoms with Crippen LogP contribution in [0.2, 0.25) is 0 Å². The lowest BCUT2D eigenvalue weighted by atomic mass is 9.88. The fourth-order valence-corrected chi connectivity index (χ4v) is 3.24. The predicted octanol–water partition coefficient (Wildman–Crippen LogP) is 1.22. The van der Waals surface area contributed by atoms with Crippen LogP contribution < -0.4 is 11.2 Å². The minimum Gasteiger partial charge on any atom is -0.316 e. The summed E-state index contributed by atoms with van der Waals surface area (Å²) in [5.74, 6) is 0.120. The highest BCUT2D eigenvalue weighted by atomic mass is 19.4. The molecule has 10 heteroatoms. The van der Waals surface area contributed by atoms with Crippen molar-refractivity contribution in [3.8, 4) is 0 Å². The van der Waals surface area contributed by atoms with Crippen molar-refractivity contribution in [2.75, 3.05) is 0 Å². The number of alkyl halides is 3. The SMILES string of the molecule is Cn1c(=O)n(CC2CCC(=O)CC2)c(=O)c2c1ncn2CC(F)(F)F. The van der Waals surface area contributed by atoms with E-state index in [2.05, 4.69) is 4.98 Å². The Morgan fingerprint density at radius 3 is 2.44 bits per heavy atom. The Kier molecular flexibility index (Phi) is 4.29. The molecule has 7 nitrogen and oxygen atoms in total. The van der Waals surface area contributed by atoms with Crippen molar-refractivity contribution in [2.45, 2.75) is 44.9 Å². The third kappa shape index (κ3) is 3.38. The standard InChI is InChI=1S/C15H17F3N4O3/c1-20-12-11(21(8-19-12)7-15(16,17)18)13(24)22(14(20)25)6-9-2-4-10(23)5-3-9/h8-9H,2-7H2,1H3. The molecular weight excluding hydrogens is 341 g/mol. The number of carbonyl (C=O) groups excluding carboxylic acids is 1. The molecule has 1 saturated carbocycles. The zero-order chi connectivity index (χ0) is 18.4. The number of hydrogen-bond acceptors (Lipinski definition) is 4. The van der Waals surface area contributed by atoms with Crippen molar-refractivity contribution < 1.29 is 18.0 Å². The van der Waals surface area contributed by atoms with Crippen LogP contribution in [0.5, 0.6) is 0 Å². The first-order valence-electron chi connectivity index (χ1n) is 7.90. The van der Waals surface area contributed by atoms with Gasteiger partial charge in [0.1, 0.15) is 12.3 Å². The molecule has 0 aromatic carbocycles. The molecule has 0 spiro atoms. The predicted molar refractivity (Wildman–Crippen MR) is 82.3 cm³/mol. The second kappa shape index (κ2) is 6.16. The average molecular weight is 358 g/mol. The van der Waals surface area contributed by atoms with Crippen LogP contribution in [0, 0.1) is 5.92 Å². The van der Waals surface area contributed by atoms with Gasteiger partial charge >= 0.3 is 11.9 Å². The Hall–Kier alpha value is -2.39. The van der Waals surface area contributed by atoms with Gasteiger partial charge < -0.3 is 4.57 Å². The van der Waals surface area contributed by atoms with E-state index in [0.29, 0.717) is 25.7 Å². The van der Waals surface area contributed by atoms with Gasteiger partial charge in [0.05, 0.1) is 6.33 Å². The molecule has 0 unspecified atom stereocenters. The Balaban J connectivity index is 2.06. The number of imidazole rings is 1. The molecule has 1 fully saturated rings. The van der Waals surface area contributed by atoms with Crippen LogP contribution in [-0.4, -0.2) is 30.6 Å². The first-order valence-corrected chi connectivity index (χ1v) is 7.90. The van der Waals surface area contributed by atoms with Crippen molar-refractivity contribution in [3.63, 3.8) is 0 Å². The fourth-order valence-electron chi connectivity index (χ4n) is 3.24. The highest BCUT2D eigenvalue weighted by Gasteiger charge is 2.30. The first kappa shape index (κ1) is 17.4. The topological polar surface area (TPSA) is 78.9 Å². The molecule has 25 heavy (non-hydrogen) atoms. The molecule has 0 N–H and O–H groups in total. The average Bonchev–Trinajstić information content (AvgIpc) is 2.93. The molecule has 136 valence electrons. The molecule has 2 aromatic heterocycles. The second-order valence-electron chi connectivity index (χ2n) is 6.40. The lowest BCUT2D eigenvalue weighted by Gasteiger charge is -2.21. The molecule has 0 saturated heterocycles. The van der Waals surface area contributed by atoms with E-state index in [9.17, 15) is 27.6 Å². The molecule has 2 aromatic rings. The number of aromatic nitrogens is 4. The smallest absolute Gasteiger partial charge is 0.316 e. The minimum atomic E-state index is -4.51. The highest BCUT2D eigenvalue weighted by Crippen LogP contribution is 2.23. The molecule has 0 atom stereocenters. The van der Waals surface area contributed by atoms with Crippen molar-refractivity contribution in [1.82, 2.24) is 18.7 Å². The van der Waals surface area contributed by atoms with Gasteiger partial charge in [-0.15, -0.1) is 0 Å². The first-order chi connectivity index (χ1) is 11.7. The Morgan fingerprint density at radius 2 is 1.84 bits per heavy atom. The Bertz CT molecular complexity index is 928. The van der Waals surface area contributed by atoms with Crippen molar-refractivity contribution in [2.24, 2.45) is 13.0 Å². The van der Waals surface area contributed by atoms with E-state index in [1.54, 1.807) is 0 Å². The molecule has 3 rings (SSSR count). The summed E-state index contributed by atoms with van der Waals surface area (Å²) in [5.41, 5.74) is -1.72. The number of halogens is 3. The quantitative estimate of drug-likeness (QED) is 0.826. The molecule has 0 amide bonds. The number of nitrogens with zero attached hydrogens (tertiary/aromatic N) is 4. The van der Waals surface area contributed by atoms with Crippen molar-refractivity contribution in [3.05, 3.63) is 27.2 Å². The van der Waals surface area contributed by atoms with Crippen LogP contribution in [0.3, 0.4) is 0 Å². The maximum atomic E-state index is 12.7. The summed E-state index contributed by atoms with van der Waals surface area (Å²) in [6.07, 6.45) is -1.67. The minimum absolute atomic E-state index is 0.0282. The van der Waals surface area contributed by atoms with Gasteiger partial charge in [0, 0.05) is 26.4 Å². The maximum absolute atomic E-state index is 12.7. The molecule has 2 heterocycles. The summed E-state index contributed by atoms with van der Waals surface area (Å²) < 4.78 is 40.9. The zero-order valence-electron chi connectivity index (χ0n) is 13.5. The number of aryl methyl sites for hydroxylation is 1.